The number of rotatable bonds is 6. The summed E-state index contributed by atoms with van der Waals surface area (Å²) in [4.78, 5) is 20.4. The van der Waals surface area contributed by atoms with E-state index in [2.05, 4.69) is 20.6 Å². The zero-order valence-electron chi connectivity index (χ0n) is 15.0. The number of hydrogen-bond donors (Lipinski definition) is 2. The lowest BCUT2D eigenvalue weighted by Gasteiger charge is -2.19. The minimum absolute atomic E-state index is 0.420. The Labute approximate surface area is 147 Å². The molecular weight excluding hydrogens is 320 g/mol. The van der Waals surface area contributed by atoms with Gasteiger partial charge in [-0.1, -0.05) is 12.1 Å². The van der Waals surface area contributed by atoms with Crippen LogP contribution in [0, 0.1) is 0 Å². The molecule has 1 heterocycles. The number of amides is 1. The largest absolute Gasteiger partial charge is 0.496 e. The number of nitrogens with zero attached hydrogens (tertiary/aromatic N) is 2. The SMILES string of the molecule is COc1ccccc1-c1nccc(NCCNC(=O)OC(C)(C)C)n1. The second-order valence-corrected chi connectivity index (χ2v) is 6.32. The number of anilines is 1. The summed E-state index contributed by atoms with van der Waals surface area (Å²) in [5, 5.41) is 5.84. The molecule has 2 rings (SSSR count). The number of nitrogens with one attached hydrogen (secondary N) is 2. The molecule has 0 aliphatic heterocycles. The van der Waals surface area contributed by atoms with Crippen LogP contribution in [-0.2, 0) is 4.74 Å². The topological polar surface area (TPSA) is 85.4 Å². The minimum atomic E-state index is -0.506. The highest BCUT2D eigenvalue weighted by molar-refractivity contribution is 5.67. The van der Waals surface area contributed by atoms with Crippen LogP contribution in [0.4, 0.5) is 10.6 Å². The van der Waals surface area contributed by atoms with Crippen LogP contribution in [0.5, 0.6) is 5.75 Å². The van der Waals surface area contributed by atoms with Crippen molar-refractivity contribution in [2.24, 2.45) is 0 Å². The number of hydrogen-bond acceptors (Lipinski definition) is 6. The Morgan fingerprint density at radius 2 is 1.92 bits per heavy atom. The van der Waals surface area contributed by atoms with Crippen molar-refractivity contribution in [3.8, 4) is 17.1 Å². The number of aromatic nitrogens is 2. The van der Waals surface area contributed by atoms with E-state index < -0.39 is 11.7 Å². The standard InChI is InChI=1S/C18H24N4O3/c1-18(2,3)25-17(23)21-12-11-19-15-9-10-20-16(22-15)13-7-5-6-8-14(13)24-4/h5-10H,11-12H2,1-4H3,(H,21,23)(H,19,20,22). The van der Waals surface area contributed by atoms with Crippen molar-refractivity contribution >= 4 is 11.9 Å². The maximum atomic E-state index is 11.6. The molecule has 1 aromatic carbocycles. The molecule has 0 spiro atoms. The summed E-state index contributed by atoms with van der Waals surface area (Å²) in [6, 6.07) is 9.34. The number of carbonyl (C=O) groups excluding carboxylic acids is 1. The van der Waals surface area contributed by atoms with Crippen LogP contribution >= 0.6 is 0 Å². The molecule has 134 valence electrons. The van der Waals surface area contributed by atoms with Gasteiger partial charge in [0.05, 0.1) is 12.7 Å². The maximum absolute atomic E-state index is 11.6. The first kappa shape index (κ1) is 18.5. The first-order valence-electron chi connectivity index (χ1n) is 8.06. The fraction of sp³-hybridized carbons (Fsp3) is 0.389. The van der Waals surface area contributed by atoms with E-state index in [1.165, 1.54) is 0 Å². The molecule has 0 aliphatic rings. The van der Waals surface area contributed by atoms with Crippen molar-refractivity contribution in [1.82, 2.24) is 15.3 Å². The molecule has 0 unspecified atom stereocenters. The maximum Gasteiger partial charge on any atom is 0.407 e. The summed E-state index contributed by atoms with van der Waals surface area (Å²) < 4.78 is 10.5. The molecule has 2 aromatic rings. The van der Waals surface area contributed by atoms with Crippen LogP contribution in [0.3, 0.4) is 0 Å². The van der Waals surface area contributed by atoms with E-state index in [4.69, 9.17) is 9.47 Å². The summed E-state index contributed by atoms with van der Waals surface area (Å²) in [5.74, 6) is 1.95. The molecule has 1 aromatic heterocycles. The van der Waals surface area contributed by atoms with Gasteiger partial charge in [-0.15, -0.1) is 0 Å². The molecule has 1 amide bonds. The Hall–Kier alpha value is -2.83. The highest BCUT2D eigenvalue weighted by atomic mass is 16.6. The van der Waals surface area contributed by atoms with Gasteiger partial charge in [0.25, 0.3) is 0 Å². The van der Waals surface area contributed by atoms with Crippen molar-refractivity contribution in [1.29, 1.82) is 0 Å². The summed E-state index contributed by atoms with van der Waals surface area (Å²) >= 11 is 0. The predicted molar refractivity (Wildman–Crippen MR) is 96.7 cm³/mol. The van der Waals surface area contributed by atoms with E-state index in [1.54, 1.807) is 19.4 Å². The van der Waals surface area contributed by atoms with Gasteiger partial charge in [0.2, 0.25) is 0 Å². The third-order valence-electron chi connectivity index (χ3n) is 3.10. The molecule has 7 nitrogen and oxygen atoms in total. The number of para-hydroxylation sites is 1. The van der Waals surface area contributed by atoms with E-state index in [0.717, 1.165) is 5.56 Å². The van der Waals surface area contributed by atoms with Crippen molar-refractivity contribution in [3.05, 3.63) is 36.5 Å². The molecule has 0 radical (unpaired) electrons. The van der Waals surface area contributed by atoms with Gasteiger partial charge in [-0.3, -0.25) is 0 Å². The fourth-order valence-corrected chi connectivity index (χ4v) is 2.09. The van der Waals surface area contributed by atoms with Crippen LogP contribution < -0.4 is 15.4 Å². The molecule has 25 heavy (non-hydrogen) atoms. The zero-order chi connectivity index (χ0) is 18.3. The van der Waals surface area contributed by atoms with E-state index in [0.29, 0.717) is 30.5 Å². The smallest absolute Gasteiger partial charge is 0.407 e. The molecule has 7 heteroatoms. The van der Waals surface area contributed by atoms with Gasteiger partial charge < -0.3 is 20.1 Å². The molecule has 0 bridgehead atoms. The quantitative estimate of drug-likeness (QED) is 0.783. The van der Waals surface area contributed by atoms with E-state index in [9.17, 15) is 4.79 Å². The highest BCUT2D eigenvalue weighted by Crippen LogP contribution is 2.26. The zero-order valence-corrected chi connectivity index (χ0v) is 15.0. The van der Waals surface area contributed by atoms with Crippen molar-refractivity contribution in [2.75, 3.05) is 25.5 Å². The minimum Gasteiger partial charge on any atom is -0.496 e. The lowest BCUT2D eigenvalue weighted by molar-refractivity contribution is 0.0530. The monoisotopic (exact) mass is 344 g/mol. The van der Waals surface area contributed by atoms with Crippen molar-refractivity contribution in [3.63, 3.8) is 0 Å². The second kappa shape index (κ2) is 8.32. The Balaban J connectivity index is 1.91. The van der Waals surface area contributed by atoms with Gasteiger partial charge in [0, 0.05) is 19.3 Å². The Morgan fingerprint density at radius 3 is 2.64 bits per heavy atom. The number of benzene rings is 1. The van der Waals surface area contributed by atoms with E-state index >= 15 is 0 Å². The second-order valence-electron chi connectivity index (χ2n) is 6.32. The third kappa shape index (κ3) is 5.95. The first-order valence-corrected chi connectivity index (χ1v) is 8.06. The van der Waals surface area contributed by atoms with Crippen LogP contribution in [0.1, 0.15) is 20.8 Å². The van der Waals surface area contributed by atoms with Gasteiger partial charge >= 0.3 is 6.09 Å². The fourth-order valence-electron chi connectivity index (χ4n) is 2.09. The predicted octanol–water partition coefficient (Wildman–Crippen LogP) is 3.09. The van der Waals surface area contributed by atoms with Gasteiger partial charge in [0.1, 0.15) is 17.2 Å². The molecule has 0 fully saturated rings. The van der Waals surface area contributed by atoms with Crippen LogP contribution in [0.15, 0.2) is 36.5 Å². The van der Waals surface area contributed by atoms with Crippen molar-refractivity contribution < 1.29 is 14.3 Å². The number of methoxy groups -OCH3 is 1. The van der Waals surface area contributed by atoms with Gasteiger partial charge in [-0.2, -0.15) is 0 Å². The average Bonchev–Trinajstić information content (AvgIpc) is 2.57. The van der Waals surface area contributed by atoms with Gasteiger partial charge in [-0.05, 0) is 39.0 Å². The van der Waals surface area contributed by atoms with Crippen LogP contribution in [0.2, 0.25) is 0 Å². The van der Waals surface area contributed by atoms with Gasteiger partial charge in [-0.25, -0.2) is 14.8 Å². The molecular formula is C18H24N4O3. The Bertz CT molecular complexity index is 713. The van der Waals surface area contributed by atoms with E-state index in [1.807, 2.05) is 45.0 Å². The molecule has 0 saturated heterocycles. The number of alkyl carbamates (subject to hydrolysis) is 1. The van der Waals surface area contributed by atoms with Crippen molar-refractivity contribution in [2.45, 2.75) is 26.4 Å². The lowest BCUT2D eigenvalue weighted by Crippen LogP contribution is -2.35. The highest BCUT2D eigenvalue weighted by Gasteiger charge is 2.15. The Morgan fingerprint density at radius 1 is 1.16 bits per heavy atom. The lowest BCUT2D eigenvalue weighted by atomic mass is 10.2. The average molecular weight is 344 g/mol. The molecule has 2 N–H and O–H groups in total. The number of ether oxygens (including phenoxy) is 2. The third-order valence-corrected chi connectivity index (χ3v) is 3.10. The van der Waals surface area contributed by atoms with E-state index in [-0.39, 0.29) is 0 Å². The summed E-state index contributed by atoms with van der Waals surface area (Å²) in [5.41, 5.74) is 0.314. The summed E-state index contributed by atoms with van der Waals surface area (Å²) in [6.07, 6.45) is 1.24. The van der Waals surface area contributed by atoms with Crippen LogP contribution in [-0.4, -0.2) is 41.9 Å². The van der Waals surface area contributed by atoms with Gasteiger partial charge in [0.15, 0.2) is 5.82 Å². The Kier molecular flexibility index (Phi) is 6.16. The molecule has 0 atom stereocenters. The molecule has 0 saturated carbocycles. The molecule has 0 aliphatic carbocycles. The normalized spacial score (nSPS) is 10.9. The number of carbonyl (C=O) groups is 1. The first-order chi connectivity index (χ1) is 11.9. The summed E-state index contributed by atoms with van der Waals surface area (Å²) in [7, 11) is 1.61. The summed E-state index contributed by atoms with van der Waals surface area (Å²) in [6.45, 7) is 6.41. The van der Waals surface area contributed by atoms with Crippen LogP contribution in [0.25, 0.3) is 11.4 Å².